The van der Waals surface area contributed by atoms with E-state index in [9.17, 15) is 18.0 Å². The van der Waals surface area contributed by atoms with Gasteiger partial charge in [0, 0.05) is 24.7 Å². The lowest BCUT2D eigenvalue weighted by atomic mass is 9.83. The number of nitrogens with zero attached hydrogens (tertiary/aromatic N) is 1. The quantitative estimate of drug-likeness (QED) is 0.777. The van der Waals surface area contributed by atoms with E-state index in [1.807, 2.05) is 4.90 Å². The Hall–Kier alpha value is -2.06. The number of rotatable bonds is 4. The highest BCUT2D eigenvalue weighted by Crippen LogP contribution is 2.40. The lowest BCUT2D eigenvalue weighted by Crippen LogP contribution is -2.37. The minimum Gasteiger partial charge on any atom is -0.440 e. The molecule has 28 heavy (non-hydrogen) atoms. The summed E-state index contributed by atoms with van der Waals surface area (Å²) in [6.45, 7) is 6.10. The average Bonchev–Trinajstić information content (AvgIpc) is 2.58. The first-order valence-corrected chi connectivity index (χ1v) is 9.14. The highest BCUT2D eigenvalue weighted by Gasteiger charge is 2.43. The molecule has 0 amide bonds. The molecular weight excluding hydrogens is 375 g/mol. The Bertz CT molecular complexity index is 910. The Morgan fingerprint density at radius 1 is 1.25 bits per heavy atom. The van der Waals surface area contributed by atoms with Crippen LogP contribution in [0.2, 0.25) is 0 Å². The second kappa shape index (κ2) is 7.40. The Balaban J connectivity index is 2.14. The zero-order chi connectivity index (χ0) is 20.7. The van der Waals surface area contributed by atoms with Gasteiger partial charge in [-0.15, -0.1) is 0 Å². The van der Waals surface area contributed by atoms with Crippen LogP contribution in [0.5, 0.6) is 0 Å². The SMILES string of the molecule is Cc1cc(C(OCO)C(F)(F)F)c2oc(N3CCC(C)(C)CC3)cc(=O)c2c1. The van der Waals surface area contributed by atoms with Gasteiger partial charge >= 0.3 is 6.18 Å². The predicted molar refractivity (Wildman–Crippen MR) is 99.4 cm³/mol. The highest BCUT2D eigenvalue weighted by molar-refractivity contribution is 5.82. The molecule has 2 aromatic rings. The van der Waals surface area contributed by atoms with E-state index in [0.717, 1.165) is 12.8 Å². The number of alkyl halides is 3. The van der Waals surface area contributed by atoms with Crippen molar-refractivity contribution in [1.29, 1.82) is 0 Å². The Morgan fingerprint density at radius 3 is 2.46 bits per heavy atom. The molecule has 1 saturated heterocycles. The molecule has 0 bridgehead atoms. The summed E-state index contributed by atoms with van der Waals surface area (Å²) in [4.78, 5) is 14.5. The first-order valence-electron chi connectivity index (χ1n) is 9.14. The molecular formula is C20H24F3NO4. The summed E-state index contributed by atoms with van der Waals surface area (Å²) in [5, 5.41) is 9.00. The molecule has 1 aliphatic rings. The molecule has 0 spiro atoms. The fraction of sp³-hybridized carbons (Fsp3) is 0.550. The second-order valence-electron chi connectivity index (χ2n) is 8.05. The maximum Gasteiger partial charge on any atom is 0.419 e. The van der Waals surface area contributed by atoms with E-state index < -0.39 is 24.5 Å². The fourth-order valence-corrected chi connectivity index (χ4v) is 3.54. The van der Waals surface area contributed by atoms with Gasteiger partial charge in [0.05, 0.1) is 5.39 Å². The van der Waals surface area contributed by atoms with Crippen LogP contribution >= 0.6 is 0 Å². The van der Waals surface area contributed by atoms with Crippen LogP contribution < -0.4 is 10.3 Å². The summed E-state index contributed by atoms with van der Waals surface area (Å²) in [7, 11) is 0. The highest BCUT2D eigenvalue weighted by atomic mass is 19.4. The van der Waals surface area contributed by atoms with Gasteiger partial charge in [-0.2, -0.15) is 13.2 Å². The van der Waals surface area contributed by atoms with Crippen molar-refractivity contribution in [2.45, 2.75) is 45.9 Å². The molecule has 1 fully saturated rings. The van der Waals surface area contributed by atoms with Crippen molar-refractivity contribution in [3.05, 3.63) is 39.5 Å². The van der Waals surface area contributed by atoms with E-state index in [2.05, 4.69) is 18.6 Å². The number of anilines is 1. The summed E-state index contributed by atoms with van der Waals surface area (Å²) in [6, 6.07) is 4.11. The molecule has 1 unspecified atom stereocenters. The largest absolute Gasteiger partial charge is 0.440 e. The Kier molecular flexibility index (Phi) is 5.46. The fourth-order valence-electron chi connectivity index (χ4n) is 3.54. The third-order valence-electron chi connectivity index (χ3n) is 5.24. The van der Waals surface area contributed by atoms with E-state index in [4.69, 9.17) is 9.52 Å². The zero-order valence-corrected chi connectivity index (χ0v) is 16.1. The van der Waals surface area contributed by atoms with Crippen molar-refractivity contribution in [2.75, 3.05) is 24.8 Å². The summed E-state index contributed by atoms with van der Waals surface area (Å²) in [6.07, 6.45) is -5.39. The molecule has 1 aromatic heterocycles. The number of halogens is 3. The number of hydrogen-bond acceptors (Lipinski definition) is 5. The number of aryl methyl sites for hydroxylation is 1. The van der Waals surface area contributed by atoms with Crippen molar-refractivity contribution in [3.63, 3.8) is 0 Å². The number of aliphatic hydroxyl groups is 1. The standard InChI is InChI=1S/C20H24F3NO4/c1-12-8-13-15(26)10-16(24-6-4-19(2,3)5-7-24)28-17(13)14(9-12)18(27-11-25)20(21,22)23/h8-10,18,25H,4-7,11H2,1-3H3. The molecule has 8 heteroatoms. The molecule has 154 valence electrons. The van der Waals surface area contributed by atoms with Gasteiger partial charge in [0.2, 0.25) is 0 Å². The number of benzene rings is 1. The van der Waals surface area contributed by atoms with Gasteiger partial charge in [0.25, 0.3) is 0 Å². The summed E-state index contributed by atoms with van der Waals surface area (Å²) in [5.74, 6) is 0.253. The monoisotopic (exact) mass is 399 g/mol. The van der Waals surface area contributed by atoms with Crippen LogP contribution in [0.4, 0.5) is 19.1 Å². The lowest BCUT2D eigenvalue weighted by molar-refractivity contribution is -0.240. The van der Waals surface area contributed by atoms with E-state index in [1.54, 1.807) is 6.92 Å². The van der Waals surface area contributed by atoms with Crippen LogP contribution in [0.3, 0.4) is 0 Å². The van der Waals surface area contributed by atoms with E-state index in [-0.39, 0.29) is 27.8 Å². The Labute approximate surface area is 160 Å². The van der Waals surface area contributed by atoms with Gasteiger partial charge in [-0.25, -0.2) is 0 Å². The topological polar surface area (TPSA) is 62.9 Å². The van der Waals surface area contributed by atoms with Gasteiger partial charge in [-0.1, -0.05) is 13.8 Å². The summed E-state index contributed by atoms with van der Waals surface area (Å²) in [5.41, 5.74) is -0.234. The van der Waals surface area contributed by atoms with Gasteiger partial charge in [0.15, 0.2) is 17.4 Å². The minimum absolute atomic E-state index is 0.0619. The molecule has 1 aromatic carbocycles. The van der Waals surface area contributed by atoms with Crippen LogP contribution in [0.25, 0.3) is 11.0 Å². The summed E-state index contributed by atoms with van der Waals surface area (Å²) >= 11 is 0. The number of piperidine rings is 1. The Morgan fingerprint density at radius 2 is 1.89 bits per heavy atom. The zero-order valence-electron chi connectivity index (χ0n) is 16.1. The van der Waals surface area contributed by atoms with Gasteiger partial charge < -0.3 is 19.2 Å². The van der Waals surface area contributed by atoms with Crippen molar-refractivity contribution < 1.29 is 27.4 Å². The van der Waals surface area contributed by atoms with Crippen molar-refractivity contribution in [2.24, 2.45) is 5.41 Å². The van der Waals surface area contributed by atoms with E-state index in [0.29, 0.717) is 18.7 Å². The van der Waals surface area contributed by atoms with Crippen LogP contribution in [0.15, 0.2) is 27.4 Å². The molecule has 3 rings (SSSR count). The molecule has 0 aliphatic carbocycles. The first kappa shape index (κ1) is 20.7. The molecule has 2 heterocycles. The summed E-state index contributed by atoms with van der Waals surface area (Å²) < 4.78 is 51.0. The van der Waals surface area contributed by atoms with E-state index >= 15 is 0 Å². The predicted octanol–water partition coefficient (Wildman–Crippen LogP) is 4.30. The molecule has 5 nitrogen and oxygen atoms in total. The molecule has 1 aliphatic heterocycles. The first-order chi connectivity index (χ1) is 13.0. The number of fused-ring (bicyclic) bond motifs is 1. The maximum absolute atomic E-state index is 13.5. The lowest BCUT2D eigenvalue weighted by Gasteiger charge is -2.37. The van der Waals surface area contributed by atoms with Crippen LogP contribution in [0, 0.1) is 12.3 Å². The van der Waals surface area contributed by atoms with Crippen LogP contribution in [0.1, 0.15) is 43.9 Å². The number of aliphatic hydroxyl groups excluding tert-OH is 1. The average molecular weight is 399 g/mol. The van der Waals surface area contributed by atoms with Crippen LogP contribution in [-0.2, 0) is 4.74 Å². The third kappa shape index (κ3) is 4.17. The maximum atomic E-state index is 13.5. The van der Waals surface area contributed by atoms with Crippen molar-refractivity contribution >= 4 is 16.9 Å². The molecule has 0 radical (unpaired) electrons. The van der Waals surface area contributed by atoms with Crippen molar-refractivity contribution in [1.82, 2.24) is 0 Å². The van der Waals surface area contributed by atoms with Gasteiger partial charge in [-0.3, -0.25) is 4.79 Å². The number of hydrogen-bond donors (Lipinski definition) is 1. The minimum atomic E-state index is -4.77. The number of ether oxygens (including phenoxy) is 1. The smallest absolute Gasteiger partial charge is 0.419 e. The van der Waals surface area contributed by atoms with Crippen molar-refractivity contribution in [3.8, 4) is 0 Å². The molecule has 1 atom stereocenters. The van der Waals surface area contributed by atoms with Gasteiger partial charge in [-0.05, 0) is 42.9 Å². The normalized spacial score (nSPS) is 18.5. The van der Waals surface area contributed by atoms with E-state index in [1.165, 1.54) is 18.2 Å². The molecule has 0 saturated carbocycles. The second-order valence-corrected chi connectivity index (χ2v) is 8.05. The van der Waals surface area contributed by atoms with Gasteiger partial charge in [0.1, 0.15) is 12.4 Å². The molecule has 1 N–H and O–H groups in total. The van der Waals surface area contributed by atoms with Crippen LogP contribution in [-0.4, -0.2) is 31.2 Å². The third-order valence-corrected chi connectivity index (χ3v) is 5.24.